The molecule has 0 bridgehead atoms. The van der Waals surface area contributed by atoms with Crippen LogP contribution in [0.25, 0.3) is 0 Å². The minimum absolute atomic E-state index is 0.236. The van der Waals surface area contributed by atoms with Crippen molar-refractivity contribution in [2.45, 2.75) is 0 Å². The largest absolute Gasteiger partial charge is 0.414 e. The molecule has 0 radical (unpaired) electrons. The first-order valence-corrected chi connectivity index (χ1v) is 4.79. The van der Waals surface area contributed by atoms with Crippen LogP contribution in [-0.4, -0.2) is 18.0 Å². The van der Waals surface area contributed by atoms with E-state index in [9.17, 15) is 18.5 Å². The average molecular weight is 218 g/mol. The zero-order valence-electron chi connectivity index (χ0n) is 6.77. The highest BCUT2D eigenvalue weighted by molar-refractivity contribution is 7.87. The predicted molar refractivity (Wildman–Crippen MR) is 47.5 cm³/mol. The van der Waals surface area contributed by atoms with E-state index in [-0.39, 0.29) is 10.1 Å². The van der Waals surface area contributed by atoms with Gasteiger partial charge in [0.05, 0.1) is 0 Å². The van der Waals surface area contributed by atoms with Gasteiger partial charge in [0, 0.05) is 4.41 Å². The van der Waals surface area contributed by atoms with Gasteiger partial charge in [-0.3, -0.25) is 4.55 Å². The van der Waals surface area contributed by atoms with E-state index in [1.807, 2.05) is 0 Å². The third kappa shape index (κ3) is 2.18. The summed E-state index contributed by atoms with van der Waals surface area (Å²) in [7, 11) is -4.88. The molecule has 1 aromatic rings. The maximum atomic E-state index is 10.6. The molecule has 0 amide bonds. The lowest BCUT2D eigenvalue weighted by Crippen LogP contribution is -2.35. The zero-order valence-corrected chi connectivity index (χ0v) is 7.59. The van der Waals surface area contributed by atoms with Crippen LogP contribution in [0.1, 0.15) is 0 Å². The Bertz CT molecular complexity index is 429. The van der Waals surface area contributed by atoms with Crippen molar-refractivity contribution >= 4 is 16.0 Å². The van der Waals surface area contributed by atoms with Gasteiger partial charge in [0.1, 0.15) is 5.69 Å². The van der Waals surface area contributed by atoms with Crippen LogP contribution in [-0.2, 0) is 10.3 Å². The average Bonchev–Trinajstić information content (AvgIpc) is 2.02. The molecule has 1 rings (SSSR count). The Kier molecular flexibility index (Phi) is 2.68. The summed E-state index contributed by atoms with van der Waals surface area (Å²) < 4.78 is 29.5. The van der Waals surface area contributed by atoms with Crippen LogP contribution in [0.15, 0.2) is 30.3 Å². The highest BCUT2D eigenvalue weighted by Gasteiger charge is 2.30. The molecule has 0 saturated heterocycles. The zero-order chi connectivity index (χ0) is 10.8. The van der Waals surface area contributed by atoms with E-state index in [4.69, 9.17) is 4.55 Å². The SMILES string of the molecule is O=[N+]([O-])N(c1ccccc1)S(=O)(=O)O. The Balaban J connectivity index is 3.22. The molecule has 76 valence electrons. The molecule has 14 heavy (non-hydrogen) atoms. The van der Waals surface area contributed by atoms with Gasteiger partial charge >= 0.3 is 10.3 Å². The van der Waals surface area contributed by atoms with Crippen LogP contribution >= 0.6 is 0 Å². The smallest absolute Gasteiger partial charge is 0.265 e. The van der Waals surface area contributed by atoms with Crippen molar-refractivity contribution in [1.29, 1.82) is 0 Å². The quantitative estimate of drug-likeness (QED) is 0.452. The van der Waals surface area contributed by atoms with E-state index < -0.39 is 15.3 Å². The number of nitrogens with zero attached hydrogens (tertiary/aromatic N) is 2. The van der Waals surface area contributed by atoms with Gasteiger partial charge in [0.15, 0.2) is 5.03 Å². The lowest BCUT2D eigenvalue weighted by atomic mass is 10.3. The summed E-state index contributed by atoms with van der Waals surface area (Å²) in [6.45, 7) is 0. The fourth-order valence-corrected chi connectivity index (χ4v) is 1.42. The normalized spacial score (nSPS) is 10.9. The number of para-hydroxylation sites is 1. The molecule has 0 aliphatic carbocycles. The fourth-order valence-electron chi connectivity index (χ4n) is 0.867. The van der Waals surface area contributed by atoms with Gasteiger partial charge < -0.3 is 0 Å². The summed E-state index contributed by atoms with van der Waals surface area (Å²) >= 11 is 0. The Morgan fingerprint density at radius 3 is 2.14 bits per heavy atom. The first-order chi connectivity index (χ1) is 6.43. The van der Waals surface area contributed by atoms with Crippen molar-refractivity contribution in [2.24, 2.45) is 0 Å². The number of hydrogen-bond acceptors (Lipinski definition) is 4. The molecule has 8 heteroatoms. The van der Waals surface area contributed by atoms with Gasteiger partial charge in [-0.2, -0.15) is 8.42 Å². The van der Waals surface area contributed by atoms with E-state index in [1.165, 1.54) is 24.3 Å². The van der Waals surface area contributed by atoms with Crippen molar-refractivity contribution < 1.29 is 18.0 Å². The summed E-state index contributed by atoms with van der Waals surface area (Å²) in [5.74, 6) is 0. The van der Waals surface area contributed by atoms with Gasteiger partial charge in [-0.15, -0.1) is 0 Å². The van der Waals surface area contributed by atoms with E-state index >= 15 is 0 Å². The summed E-state index contributed by atoms with van der Waals surface area (Å²) in [5.41, 5.74) is -0.236. The molecule has 0 aliphatic heterocycles. The standard InChI is InChI=1S/C6H6N2O5S/c9-8(10)7(14(11,12)13)6-4-2-1-3-5-6/h1-5H,(H,11,12,13). The summed E-state index contributed by atoms with van der Waals surface area (Å²) in [5, 5.41) is 9.12. The highest BCUT2D eigenvalue weighted by atomic mass is 32.2. The maximum Gasteiger partial charge on any atom is 0.414 e. The van der Waals surface area contributed by atoms with Crippen LogP contribution in [0.2, 0.25) is 0 Å². The molecule has 0 aliphatic rings. The van der Waals surface area contributed by atoms with Crippen LogP contribution in [0.4, 0.5) is 5.69 Å². The van der Waals surface area contributed by atoms with Crippen molar-refractivity contribution in [3.8, 4) is 0 Å². The lowest BCUT2D eigenvalue weighted by molar-refractivity contribution is -0.475. The number of hydrazine groups is 1. The molecule has 0 aromatic heterocycles. The minimum Gasteiger partial charge on any atom is -0.265 e. The molecule has 1 N–H and O–H groups in total. The third-order valence-electron chi connectivity index (χ3n) is 1.34. The molecule has 0 heterocycles. The number of hydrogen-bond donors (Lipinski definition) is 1. The van der Waals surface area contributed by atoms with E-state index in [0.717, 1.165) is 0 Å². The molecular formula is C6H6N2O5S. The maximum absolute atomic E-state index is 10.6. The number of anilines is 1. The van der Waals surface area contributed by atoms with Crippen molar-refractivity contribution in [3.05, 3.63) is 40.4 Å². The van der Waals surface area contributed by atoms with Crippen LogP contribution < -0.4 is 4.41 Å². The first-order valence-electron chi connectivity index (χ1n) is 3.40. The Morgan fingerprint density at radius 2 is 1.79 bits per heavy atom. The van der Waals surface area contributed by atoms with E-state index in [2.05, 4.69) is 0 Å². The molecule has 7 nitrogen and oxygen atoms in total. The van der Waals surface area contributed by atoms with Crippen LogP contribution in [0, 0.1) is 10.1 Å². The van der Waals surface area contributed by atoms with Gasteiger partial charge in [-0.05, 0) is 12.1 Å². The summed E-state index contributed by atoms with van der Waals surface area (Å²) in [6, 6.07) is 6.77. The van der Waals surface area contributed by atoms with Crippen molar-refractivity contribution in [2.75, 3.05) is 4.41 Å². The molecule has 1 aromatic carbocycles. The highest BCUT2D eigenvalue weighted by Crippen LogP contribution is 2.15. The summed E-state index contributed by atoms with van der Waals surface area (Å²) in [4.78, 5) is 10.3. The lowest BCUT2D eigenvalue weighted by Gasteiger charge is -2.08. The predicted octanol–water partition coefficient (Wildman–Crippen LogP) is 0.487. The number of rotatable bonds is 3. The Morgan fingerprint density at radius 1 is 1.29 bits per heavy atom. The molecule has 0 atom stereocenters. The van der Waals surface area contributed by atoms with Crippen molar-refractivity contribution in [1.82, 2.24) is 0 Å². The molecule has 0 spiro atoms. The van der Waals surface area contributed by atoms with Gasteiger partial charge in [0.25, 0.3) is 0 Å². The Labute approximate surface area is 79.6 Å². The van der Waals surface area contributed by atoms with Gasteiger partial charge in [-0.25, -0.2) is 10.1 Å². The Hall–Kier alpha value is -1.67. The van der Waals surface area contributed by atoms with Crippen LogP contribution in [0.5, 0.6) is 0 Å². The first kappa shape index (κ1) is 10.4. The third-order valence-corrected chi connectivity index (χ3v) is 2.13. The molecule has 0 unspecified atom stereocenters. The van der Waals surface area contributed by atoms with Crippen LogP contribution in [0.3, 0.4) is 0 Å². The van der Waals surface area contributed by atoms with Gasteiger partial charge in [-0.1, -0.05) is 18.2 Å². The molecule has 0 saturated carbocycles. The second-order valence-corrected chi connectivity index (χ2v) is 3.54. The number of benzene rings is 1. The molecule has 0 fully saturated rings. The molecular weight excluding hydrogens is 212 g/mol. The second-order valence-electron chi connectivity index (χ2n) is 2.29. The van der Waals surface area contributed by atoms with Crippen molar-refractivity contribution in [3.63, 3.8) is 0 Å². The van der Waals surface area contributed by atoms with Gasteiger partial charge in [0.2, 0.25) is 0 Å². The number of nitro groups is 1. The monoisotopic (exact) mass is 218 g/mol. The topological polar surface area (TPSA) is 101 Å². The second kappa shape index (κ2) is 3.60. The summed E-state index contributed by atoms with van der Waals surface area (Å²) in [6.07, 6.45) is 0. The minimum atomic E-state index is -4.88. The fraction of sp³-hybridized carbons (Fsp3) is 0. The van der Waals surface area contributed by atoms with E-state index in [1.54, 1.807) is 6.07 Å². The van der Waals surface area contributed by atoms with E-state index in [0.29, 0.717) is 0 Å².